The average molecular weight is 426 g/mol. The molecule has 4 heterocycles. The molecule has 9 nitrogen and oxygen atoms in total. The molecule has 0 radical (unpaired) electrons. The highest BCUT2D eigenvalue weighted by molar-refractivity contribution is 5.71. The summed E-state index contributed by atoms with van der Waals surface area (Å²) in [6.45, 7) is 7.87. The van der Waals surface area contributed by atoms with Gasteiger partial charge in [0.1, 0.15) is 5.69 Å². The third-order valence-corrected chi connectivity index (χ3v) is 5.75. The van der Waals surface area contributed by atoms with Crippen LogP contribution in [0.2, 0.25) is 0 Å². The van der Waals surface area contributed by atoms with Crippen molar-refractivity contribution in [3.8, 4) is 28.7 Å². The first-order valence-corrected chi connectivity index (χ1v) is 10.4. The number of fused-ring (bicyclic) bond motifs is 1. The second-order valence-electron chi connectivity index (χ2n) is 9.01. The molecule has 0 atom stereocenters. The highest BCUT2D eigenvalue weighted by Crippen LogP contribution is 2.31. The van der Waals surface area contributed by atoms with Crippen molar-refractivity contribution in [2.45, 2.75) is 40.3 Å². The molecule has 0 bridgehead atoms. The summed E-state index contributed by atoms with van der Waals surface area (Å²) in [6, 6.07) is 11.7. The number of rotatable bonds is 4. The van der Waals surface area contributed by atoms with Crippen LogP contribution >= 0.6 is 0 Å². The number of hydrogen-bond acceptors (Lipinski definition) is 7. The van der Waals surface area contributed by atoms with Gasteiger partial charge in [0.15, 0.2) is 0 Å². The highest BCUT2D eigenvalue weighted by Gasteiger charge is 2.29. The standard InChI is InChI=1S/C23H23N9/c1-14-15(10-24)5-4-6-18(14)19-8-20(27-22(25)26-19)21-12-31(30-28-21)11-16-7-17-9-23(2,3)13-32(17)29-16/h4-8,12H,9,11,13H2,1-3H3,(H2,25,26,27). The lowest BCUT2D eigenvalue weighted by molar-refractivity contribution is 0.345. The third kappa shape index (κ3) is 3.60. The van der Waals surface area contributed by atoms with Crippen LogP contribution in [0.4, 0.5) is 5.95 Å². The Labute approximate surface area is 185 Å². The summed E-state index contributed by atoms with van der Waals surface area (Å²) in [5.41, 5.74) is 12.6. The summed E-state index contributed by atoms with van der Waals surface area (Å²) in [5.74, 6) is 0.141. The minimum Gasteiger partial charge on any atom is -0.368 e. The van der Waals surface area contributed by atoms with E-state index in [1.807, 2.05) is 31.3 Å². The van der Waals surface area contributed by atoms with Crippen LogP contribution in [0.5, 0.6) is 0 Å². The van der Waals surface area contributed by atoms with Gasteiger partial charge in [0.25, 0.3) is 0 Å². The predicted octanol–water partition coefficient (Wildman–Crippen LogP) is 2.99. The Kier molecular flexibility index (Phi) is 4.51. The zero-order chi connectivity index (χ0) is 22.5. The molecule has 32 heavy (non-hydrogen) atoms. The van der Waals surface area contributed by atoms with Gasteiger partial charge in [-0.2, -0.15) is 10.4 Å². The molecular formula is C23H23N9. The summed E-state index contributed by atoms with van der Waals surface area (Å²) in [4.78, 5) is 8.71. The van der Waals surface area contributed by atoms with E-state index < -0.39 is 0 Å². The Hall–Kier alpha value is -4.06. The number of aromatic nitrogens is 7. The predicted molar refractivity (Wildman–Crippen MR) is 119 cm³/mol. The molecule has 1 aliphatic heterocycles. The molecule has 3 aromatic heterocycles. The van der Waals surface area contributed by atoms with Gasteiger partial charge in [-0.25, -0.2) is 14.6 Å². The van der Waals surface area contributed by atoms with E-state index in [0.717, 1.165) is 29.8 Å². The van der Waals surface area contributed by atoms with Crippen molar-refractivity contribution in [1.82, 2.24) is 34.7 Å². The SMILES string of the molecule is Cc1c(C#N)cccc1-c1cc(-c2cn(Cc3cc4n(n3)CC(C)(C)C4)nn2)nc(N)n1. The Balaban J connectivity index is 1.42. The Morgan fingerprint density at radius 3 is 2.75 bits per heavy atom. The van der Waals surface area contributed by atoms with E-state index in [-0.39, 0.29) is 11.4 Å². The summed E-state index contributed by atoms with van der Waals surface area (Å²) < 4.78 is 3.83. The van der Waals surface area contributed by atoms with Crippen LogP contribution in [0.15, 0.2) is 36.5 Å². The van der Waals surface area contributed by atoms with Gasteiger partial charge < -0.3 is 5.73 Å². The van der Waals surface area contributed by atoms with Crippen molar-refractivity contribution in [1.29, 1.82) is 5.26 Å². The lowest BCUT2D eigenvalue weighted by Crippen LogP contribution is -2.14. The fourth-order valence-corrected chi connectivity index (χ4v) is 4.25. The summed E-state index contributed by atoms with van der Waals surface area (Å²) in [6.07, 6.45) is 2.86. The van der Waals surface area contributed by atoms with Crippen LogP contribution < -0.4 is 5.73 Å². The van der Waals surface area contributed by atoms with Gasteiger partial charge in [0, 0.05) is 17.8 Å². The number of nitrogen functional groups attached to an aromatic ring is 1. The maximum atomic E-state index is 9.33. The Morgan fingerprint density at radius 2 is 1.97 bits per heavy atom. The molecule has 160 valence electrons. The molecule has 0 fully saturated rings. The van der Waals surface area contributed by atoms with Crippen LogP contribution in [-0.4, -0.2) is 34.7 Å². The van der Waals surface area contributed by atoms with Crippen molar-refractivity contribution in [2.24, 2.45) is 5.41 Å². The molecule has 0 amide bonds. The molecule has 9 heteroatoms. The molecule has 1 aliphatic rings. The maximum absolute atomic E-state index is 9.33. The lowest BCUT2D eigenvalue weighted by Gasteiger charge is -2.14. The second-order valence-corrected chi connectivity index (χ2v) is 9.01. The molecule has 2 N–H and O–H groups in total. The van der Waals surface area contributed by atoms with Crippen molar-refractivity contribution in [3.05, 3.63) is 59.0 Å². The quantitative estimate of drug-likeness (QED) is 0.533. The third-order valence-electron chi connectivity index (χ3n) is 5.75. The van der Waals surface area contributed by atoms with Crippen LogP contribution in [0.3, 0.4) is 0 Å². The van der Waals surface area contributed by atoms with E-state index in [1.54, 1.807) is 10.7 Å². The number of nitrogens with zero attached hydrogens (tertiary/aromatic N) is 8. The lowest BCUT2D eigenvalue weighted by atomic mass is 9.91. The molecule has 0 saturated carbocycles. The molecule has 0 saturated heterocycles. The van der Waals surface area contributed by atoms with Crippen molar-refractivity contribution in [2.75, 3.05) is 5.73 Å². The Bertz CT molecular complexity index is 1350. The van der Waals surface area contributed by atoms with Crippen molar-refractivity contribution >= 4 is 5.95 Å². The van der Waals surface area contributed by atoms with E-state index in [0.29, 0.717) is 29.2 Å². The summed E-state index contributed by atoms with van der Waals surface area (Å²) in [7, 11) is 0. The van der Waals surface area contributed by atoms with Gasteiger partial charge in [0.05, 0.1) is 41.5 Å². The van der Waals surface area contributed by atoms with Crippen LogP contribution in [-0.2, 0) is 19.5 Å². The normalized spacial score (nSPS) is 14.3. The average Bonchev–Trinajstić information content (AvgIpc) is 3.41. The van der Waals surface area contributed by atoms with Crippen LogP contribution in [0.1, 0.15) is 36.4 Å². The molecule has 1 aromatic carbocycles. The summed E-state index contributed by atoms with van der Waals surface area (Å²) in [5, 5.41) is 22.6. The Morgan fingerprint density at radius 1 is 1.16 bits per heavy atom. The first kappa shape index (κ1) is 19.9. The number of anilines is 1. The van der Waals surface area contributed by atoms with Gasteiger partial charge in [0.2, 0.25) is 5.95 Å². The molecular weight excluding hydrogens is 402 g/mol. The van der Waals surface area contributed by atoms with Gasteiger partial charge in [-0.1, -0.05) is 31.2 Å². The van der Waals surface area contributed by atoms with E-state index in [2.05, 4.69) is 50.9 Å². The van der Waals surface area contributed by atoms with Gasteiger partial charge >= 0.3 is 0 Å². The van der Waals surface area contributed by atoms with Crippen molar-refractivity contribution in [3.63, 3.8) is 0 Å². The summed E-state index contributed by atoms with van der Waals surface area (Å²) >= 11 is 0. The number of nitrogens with two attached hydrogens (primary N) is 1. The van der Waals surface area contributed by atoms with Gasteiger partial charge in [-0.05, 0) is 42.5 Å². The molecule has 0 aliphatic carbocycles. The van der Waals surface area contributed by atoms with E-state index in [1.165, 1.54) is 5.69 Å². The molecule has 0 unspecified atom stereocenters. The minimum absolute atomic E-state index is 0.141. The number of hydrogen-bond donors (Lipinski definition) is 1. The van der Waals surface area contributed by atoms with E-state index >= 15 is 0 Å². The van der Waals surface area contributed by atoms with Crippen LogP contribution in [0, 0.1) is 23.7 Å². The largest absolute Gasteiger partial charge is 0.368 e. The minimum atomic E-state index is 0.141. The zero-order valence-corrected chi connectivity index (χ0v) is 18.2. The van der Waals surface area contributed by atoms with E-state index in [9.17, 15) is 5.26 Å². The first-order valence-electron chi connectivity index (χ1n) is 10.4. The van der Waals surface area contributed by atoms with Crippen LogP contribution in [0.25, 0.3) is 22.6 Å². The smallest absolute Gasteiger partial charge is 0.221 e. The zero-order valence-electron chi connectivity index (χ0n) is 18.2. The van der Waals surface area contributed by atoms with Gasteiger partial charge in [-0.15, -0.1) is 5.10 Å². The monoisotopic (exact) mass is 425 g/mol. The fourth-order valence-electron chi connectivity index (χ4n) is 4.25. The first-order chi connectivity index (χ1) is 15.3. The van der Waals surface area contributed by atoms with E-state index in [4.69, 9.17) is 10.8 Å². The molecule has 4 aromatic rings. The van der Waals surface area contributed by atoms with Crippen molar-refractivity contribution < 1.29 is 0 Å². The molecule has 0 spiro atoms. The topological polar surface area (TPSA) is 124 Å². The van der Waals surface area contributed by atoms with Gasteiger partial charge in [-0.3, -0.25) is 4.68 Å². The molecule has 5 rings (SSSR count). The second kappa shape index (κ2) is 7.27. The number of nitriles is 1. The maximum Gasteiger partial charge on any atom is 0.221 e. The highest BCUT2D eigenvalue weighted by atomic mass is 15.4. The fraction of sp³-hybridized carbons (Fsp3) is 0.304. The number of benzene rings is 1.